The van der Waals surface area contributed by atoms with Crippen molar-refractivity contribution in [3.05, 3.63) is 0 Å². The number of carbonyl (C=O) groups is 1. The monoisotopic (exact) mass is 306 g/mol. The Morgan fingerprint density at radius 3 is 3.00 bits per heavy atom. The summed E-state index contributed by atoms with van der Waals surface area (Å²) >= 11 is 0. The van der Waals surface area contributed by atoms with Crippen LogP contribution in [-0.4, -0.2) is 52.5 Å². The number of amides is 1. The van der Waals surface area contributed by atoms with Crippen LogP contribution in [0.5, 0.6) is 0 Å². The number of fused-ring (bicyclic) bond motifs is 1. The molecule has 1 heterocycles. The number of rotatable bonds is 7. The lowest BCUT2D eigenvalue weighted by Crippen LogP contribution is -2.48. The summed E-state index contributed by atoms with van der Waals surface area (Å²) in [6.07, 6.45) is 4.66. The topological polar surface area (TPSA) is 59.6 Å². The van der Waals surface area contributed by atoms with Gasteiger partial charge in [-0.2, -0.15) is 0 Å². The molecule has 0 aromatic carbocycles. The summed E-state index contributed by atoms with van der Waals surface area (Å²) in [5, 5.41) is 6.44. The zero-order valence-electron chi connectivity index (χ0n) is 12.3. The highest BCUT2D eigenvalue weighted by Crippen LogP contribution is 2.43. The average molecular weight is 307 g/mol. The van der Waals surface area contributed by atoms with Crippen molar-refractivity contribution in [1.82, 2.24) is 10.6 Å². The largest absolute Gasteiger partial charge is 0.382 e. The predicted octanol–water partition coefficient (Wildman–Crippen LogP) is 0.967. The molecule has 1 saturated carbocycles. The molecule has 2 fully saturated rings. The number of nitrogens with one attached hydrogen (secondary N) is 2. The van der Waals surface area contributed by atoms with E-state index in [1.54, 1.807) is 7.11 Å². The van der Waals surface area contributed by atoms with E-state index < -0.39 is 0 Å². The fourth-order valence-electron chi connectivity index (χ4n) is 3.35. The van der Waals surface area contributed by atoms with Gasteiger partial charge in [0, 0.05) is 20.2 Å². The van der Waals surface area contributed by atoms with Gasteiger partial charge in [0.05, 0.1) is 25.2 Å². The summed E-state index contributed by atoms with van der Waals surface area (Å²) in [4.78, 5) is 12.5. The molecule has 0 aromatic heterocycles. The minimum atomic E-state index is -0.148. The molecule has 2 aliphatic rings. The maximum atomic E-state index is 12.5. The summed E-state index contributed by atoms with van der Waals surface area (Å²) < 4.78 is 10.3. The SMILES string of the molecule is COCCOCCNC(=O)[C@@]12CCCC[C@H]1CNC2.Cl. The Morgan fingerprint density at radius 2 is 2.20 bits per heavy atom. The van der Waals surface area contributed by atoms with Gasteiger partial charge < -0.3 is 20.1 Å². The van der Waals surface area contributed by atoms with Gasteiger partial charge in [0.25, 0.3) is 0 Å². The average Bonchev–Trinajstić information content (AvgIpc) is 2.87. The first kappa shape index (κ1) is 17.7. The van der Waals surface area contributed by atoms with Gasteiger partial charge in [-0.15, -0.1) is 12.4 Å². The van der Waals surface area contributed by atoms with Crippen LogP contribution in [0.2, 0.25) is 0 Å². The van der Waals surface area contributed by atoms with Crippen LogP contribution in [0.1, 0.15) is 25.7 Å². The Kier molecular flexibility index (Phi) is 7.80. The van der Waals surface area contributed by atoms with E-state index in [0.29, 0.717) is 32.3 Å². The number of halogens is 1. The van der Waals surface area contributed by atoms with Crippen LogP contribution >= 0.6 is 12.4 Å². The van der Waals surface area contributed by atoms with Crippen LogP contribution in [0.25, 0.3) is 0 Å². The number of hydrogen-bond donors (Lipinski definition) is 2. The Hall–Kier alpha value is -0.360. The van der Waals surface area contributed by atoms with Gasteiger partial charge in [0.2, 0.25) is 5.91 Å². The molecule has 1 saturated heterocycles. The molecule has 0 aromatic rings. The number of hydrogen-bond acceptors (Lipinski definition) is 4. The van der Waals surface area contributed by atoms with Gasteiger partial charge in [-0.25, -0.2) is 0 Å². The minimum Gasteiger partial charge on any atom is -0.382 e. The molecule has 2 N–H and O–H groups in total. The lowest BCUT2D eigenvalue weighted by Gasteiger charge is -2.37. The Morgan fingerprint density at radius 1 is 1.35 bits per heavy atom. The molecule has 0 bridgehead atoms. The number of ether oxygens (including phenoxy) is 2. The van der Waals surface area contributed by atoms with Crippen molar-refractivity contribution < 1.29 is 14.3 Å². The van der Waals surface area contributed by atoms with Crippen LogP contribution in [0.4, 0.5) is 0 Å². The van der Waals surface area contributed by atoms with Crippen molar-refractivity contribution in [3.63, 3.8) is 0 Å². The van der Waals surface area contributed by atoms with E-state index in [1.807, 2.05) is 0 Å². The van der Waals surface area contributed by atoms with Crippen molar-refractivity contribution >= 4 is 18.3 Å². The fraction of sp³-hybridized carbons (Fsp3) is 0.929. The van der Waals surface area contributed by atoms with Gasteiger partial charge in [-0.05, 0) is 25.3 Å². The molecule has 1 aliphatic heterocycles. The van der Waals surface area contributed by atoms with E-state index in [2.05, 4.69) is 10.6 Å². The number of methoxy groups -OCH3 is 1. The van der Waals surface area contributed by atoms with Crippen LogP contribution in [-0.2, 0) is 14.3 Å². The van der Waals surface area contributed by atoms with E-state index in [4.69, 9.17) is 9.47 Å². The molecule has 118 valence electrons. The summed E-state index contributed by atoms with van der Waals surface area (Å²) in [7, 11) is 1.65. The van der Waals surface area contributed by atoms with E-state index in [-0.39, 0.29) is 23.7 Å². The third-order valence-corrected chi connectivity index (χ3v) is 4.45. The van der Waals surface area contributed by atoms with Gasteiger partial charge in [0.15, 0.2) is 0 Å². The van der Waals surface area contributed by atoms with E-state index in [9.17, 15) is 4.79 Å². The van der Waals surface area contributed by atoms with Crippen LogP contribution in [0.15, 0.2) is 0 Å². The lowest BCUT2D eigenvalue weighted by molar-refractivity contribution is -0.134. The van der Waals surface area contributed by atoms with E-state index >= 15 is 0 Å². The molecule has 0 radical (unpaired) electrons. The molecular formula is C14H27ClN2O3. The lowest BCUT2D eigenvalue weighted by atomic mass is 9.67. The van der Waals surface area contributed by atoms with Crippen molar-refractivity contribution in [1.29, 1.82) is 0 Å². The summed E-state index contributed by atoms with van der Waals surface area (Å²) in [5.74, 6) is 0.744. The highest BCUT2D eigenvalue weighted by atomic mass is 35.5. The Balaban J connectivity index is 0.00000200. The first-order valence-corrected chi connectivity index (χ1v) is 7.35. The molecule has 2 rings (SSSR count). The Bertz CT molecular complexity index is 304. The maximum Gasteiger partial charge on any atom is 0.227 e. The summed E-state index contributed by atoms with van der Waals surface area (Å²) in [5.41, 5.74) is -0.148. The molecule has 20 heavy (non-hydrogen) atoms. The van der Waals surface area contributed by atoms with Crippen molar-refractivity contribution in [2.45, 2.75) is 25.7 Å². The van der Waals surface area contributed by atoms with E-state index in [1.165, 1.54) is 19.3 Å². The first-order valence-electron chi connectivity index (χ1n) is 7.35. The standard InChI is InChI=1S/C14H26N2O3.ClH/c1-18-8-9-19-7-6-16-13(17)14-5-3-2-4-12(14)10-15-11-14;/h12,15H,2-11H2,1H3,(H,16,17);1H/t12-,14+;/m0./s1. The van der Waals surface area contributed by atoms with Crippen molar-refractivity contribution in [2.24, 2.45) is 11.3 Å². The Labute approximate surface area is 127 Å². The molecule has 0 unspecified atom stereocenters. The molecule has 0 spiro atoms. The van der Waals surface area contributed by atoms with Gasteiger partial charge in [0.1, 0.15) is 0 Å². The second-order valence-electron chi connectivity index (χ2n) is 5.59. The quantitative estimate of drug-likeness (QED) is 0.688. The third kappa shape index (κ3) is 4.07. The molecule has 1 aliphatic carbocycles. The van der Waals surface area contributed by atoms with Crippen LogP contribution in [0.3, 0.4) is 0 Å². The molecular weight excluding hydrogens is 280 g/mol. The minimum absolute atomic E-state index is 0. The molecule has 6 heteroatoms. The zero-order valence-corrected chi connectivity index (χ0v) is 13.1. The van der Waals surface area contributed by atoms with E-state index in [0.717, 1.165) is 19.5 Å². The first-order chi connectivity index (χ1) is 9.29. The van der Waals surface area contributed by atoms with Gasteiger partial charge >= 0.3 is 0 Å². The van der Waals surface area contributed by atoms with Gasteiger partial charge in [-0.1, -0.05) is 12.8 Å². The van der Waals surface area contributed by atoms with Crippen LogP contribution in [0, 0.1) is 11.3 Å². The second-order valence-corrected chi connectivity index (χ2v) is 5.59. The smallest absolute Gasteiger partial charge is 0.227 e. The predicted molar refractivity (Wildman–Crippen MR) is 80.2 cm³/mol. The highest BCUT2D eigenvalue weighted by Gasteiger charge is 2.49. The van der Waals surface area contributed by atoms with Gasteiger partial charge in [-0.3, -0.25) is 4.79 Å². The van der Waals surface area contributed by atoms with Crippen molar-refractivity contribution in [2.75, 3.05) is 46.6 Å². The molecule has 1 amide bonds. The number of carbonyl (C=O) groups excluding carboxylic acids is 1. The molecule has 2 atom stereocenters. The van der Waals surface area contributed by atoms with Crippen molar-refractivity contribution in [3.8, 4) is 0 Å². The normalized spacial score (nSPS) is 28.6. The second kappa shape index (κ2) is 8.82. The zero-order chi connectivity index (χ0) is 13.6. The maximum absolute atomic E-state index is 12.5. The summed E-state index contributed by atoms with van der Waals surface area (Å²) in [6.45, 7) is 4.18. The highest BCUT2D eigenvalue weighted by molar-refractivity contribution is 5.85. The molecule has 5 nitrogen and oxygen atoms in total. The third-order valence-electron chi connectivity index (χ3n) is 4.45. The summed E-state index contributed by atoms with van der Waals surface area (Å²) in [6, 6.07) is 0. The van der Waals surface area contributed by atoms with Crippen LogP contribution < -0.4 is 10.6 Å². The fourth-order valence-corrected chi connectivity index (χ4v) is 3.35.